The molecule has 0 aromatic rings. The number of hydrogen-bond donors (Lipinski definition) is 3. The van der Waals surface area contributed by atoms with Crippen molar-refractivity contribution < 1.29 is 24.9 Å². The number of carbonyl (C=O) groups excluding carboxylic acids is 2. The summed E-state index contributed by atoms with van der Waals surface area (Å²) in [6.45, 7) is 3.34. The Hall–Kier alpha value is -1.30. The Balaban J connectivity index is 1.75. The van der Waals surface area contributed by atoms with E-state index < -0.39 is 29.5 Å². The van der Waals surface area contributed by atoms with E-state index in [4.69, 9.17) is 0 Å². The van der Waals surface area contributed by atoms with E-state index in [0.29, 0.717) is 12.8 Å². The molecule has 5 heteroatoms. The molecule has 0 amide bonds. The lowest BCUT2D eigenvalue weighted by atomic mass is 9.46. The fourth-order valence-electron chi connectivity index (χ4n) is 6.92. The van der Waals surface area contributed by atoms with Gasteiger partial charge in [0.15, 0.2) is 11.6 Å². The molecule has 0 aromatic carbocycles. The first-order chi connectivity index (χ1) is 12.2. The molecule has 26 heavy (non-hydrogen) atoms. The van der Waals surface area contributed by atoms with Crippen molar-refractivity contribution in [1.82, 2.24) is 0 Å². The summed E-state index contributed by atoms with van der Waals surface area (Å²) in [6.07, 6.45) is 7.68. The lowest BCUT2D eigenvalue weighted by molar-refractivity contribution is -0.178. The summed E-state index contributed by atoms with van der Waals surface area (Å²) in [4.78, 5) is 24.2. The van der Waals surface area contributed by atoms with Crippen molar-refractivity contribution in [1.29, 1.82) is 0 Å². The van der Waals surface area contributed by atoms with Gasteiger partial charge in [-0.2, -0.15) is 0 Å². The number of hydrogen-bond acceptors (Lipinski definition) is 5. The molecule has 3 fully saturated rings. The summed E-state index contributed by atoms with van der Waals surface area (Å²) in [6, 6.07) is 0. The van der Waals surface area contributed by atoms with E-state index in [9.17, 15) is 24.9 Å². The maximum absolute atomic E-state index is 12.4. The van der Waals surface area contributed by atoms with Crippen LogP contribution in [0.3, 0.4) is 0 Å². The largest absolute Gasteiger partial charge is 0.393 e. The maximum atomic E-state index is 12.4. The molecule has 0 unspecified atom stereocenters. The highest BCUT2D eigenvalue weighted by Gasteiger charge is 2.67. The predicted molar refractivity (Wildman–Crippen MR) is 95.0 cm³/mol. The van der Waals surface area contributed by atoms with E-state index >= 15 is 0 Å². The number of ketones is 2. The number of aliphatic hydroxyl groups is 3. The molecule has 3 saturated carbocycles. The lowest BCUT2D eigenvalue weighted by Crippen LogP contribution is -2.61. The number of rotatable bonds is 2. The van der Waals surface area contributed by atoms with E-state index in [-0.39, 0.29) is 29.0 Å². The van der Waals surface area contributed by atoms with Crippen LogP contribution in [0.15, 0.2) is 23.8 Å². The summed E-state index contributed by atoms with van der Waals surface area (Å²) in [7, 11) is 0. The van der Waals surface area contributed by atoms with Gasteiger partial charge in [-0.15, -0.1) is 0 Å². The van der Waals surface area contributed by atoms with E-state index in [2.05, 4.69) is 6.92 Å². The molecule has 0 aliphatic heterocycles. The van der Waals surface area contributed by atoms with Crippen LogP contribution in [-0.4, -0.2) is 45.2 Å². The van der Waals surface area contributed by atoms with Gasteiger partial charge >= 0.3 is 0 Å². The van der Waals surface area contributed by atoms with Crippen LogP contribution in [0.4, 0.5) is 0 Å². The molecule has 3 N–H and O–H groups in total. The minimum absolute atomic E-state index is 0.00912. The zero-order valence-electron chi connectivity index (χ0n) is 15.4. The molecule has 0 heterocycles. The summed E-state index contributed by atoms with van der Waals surface area (Å²) < 4.78 is 0. The molecule has 0 saturated heterocycles. The van der Waals surface area contributed by atoms with Gasteiger partial charge in [-0.3, -0.25) is 9.59 Å². The third-order valence-electron chi connectivity index (χ3n) is 8.25. The molecule has 0 aromatic heterocycles. The summed E-state index contributed by atoms with van der Waals surface area (Å²) in [5.74, 6) is -0.227. The fraction of sp³-hybridized carbons (Fsp3) is 0.714. The lowest BCUT2D eigenvalue weighted by Gasteiger charge is -2.59. The normalized spacial score (nSPS) is 49.9. The Morgan fingerprint density at radius 2 is 2.04 bits per heavy atom. The van der Waals surface area contributed by atoms with Crippen molar-refractivity contribution in [3.05, 3.63) is 23.8 Å². The molecule has 142 valence electrons. The van der Waals surface area contributed by atoms with Gasteiger partial charge in [0.05, 0.1) is 6.10 Å². The third kappa shape index (κ3) is 2.08. The highest BCUT2D eigenvalue weighted by Crippen LogP contribution is 2.67. The average Bonchev–Trinajstić information content (AvgIpc) is 2.86. The molecule has 5 nitrogen and oxygen atoms in total. The molecule has 0 spiro atoms. The van der Waals surface area contributed by atoms with Gasteiger partial charge in [0.2, 0.25) is 0 Å². The van der Waals surface area contributed by atoms with Gasteiger partial charge in [-0.25, -0.2) is 0 Å². The highest BCUT2D eigenvalue weighted by atomic mass is 16.3. The first-order valence-electron chi connectivity index (χ1n) is 9.66. The molecule has 4 aliphatic carbocycles. The number of allylic oxidation sites excluding steroid dienone is 4. The second-order valence-electron chi connectivity index (χ2n) is 9.19. The zero-order chi connectivity index (χ0) is 18.9. The molecule has 7 atom stereocenters. The second-order valence-corrected chi connectivity index (χ2v) is 9.19. The van der Waals surface area contributed by atoms with Gasteiger partial charge < -0.3 is 15.3 Å². The average molecular weight is 360 g/mol. The predicted octanol–water partition coefficient (Wildman–Crippen LogP) is 1.56. The number of aliphatic hydroxyl groups excluding tert-OH is 2. The molecule has 0 bridgehead atoms. The molecular formula is C21H28O5. The quantitative estimate of drug-likeness (QED) is 0.695. The summed E-state index contributed by atoms with van der Waals surface area (Å²) in [5, 5.41) is 31.7. The maximum Gasteiger partial charge on any atom is 0.190 e. The molecule has 4 aliphatic rings. The minimum Gasteiger partial charge on any atom is -0.393 e. The van der Waals surface area contributed by atoms with Crippen LogP contribution in [0, 0.1) is 28.6 Å². The Kier molecular flexibility index (Phi) is 3.89. The van der Waals surface area contributed by atoms with Crippen LogP contribution < -0.4 is 0 Å². The Bertz CT molecular complexity index is 724. The van der Waals surface area contributed by atoms with Gasteiger partial charge in [0.25, 0.3) is 0 Å². The Morgan fingerprint density at radius 1 is 1.31 bits per heavy atom. The highest BCUT2D eigenvalue weighted by molar-refractivity contribution is 6.01. The Morgan fingerprint density at radius 3 is 2.73 bits per heavy atom. The zero-order valence-corrected chi connectivity index (χ0v) is 15.4. The first kappa shape index (κ1) is 18.1. The van der Waals surface area contributed by atoms with Gasteiger partial charge in [0, 0.05) is 16.7 Å². The van der Waals surface area contributed by atoms with Crippen molar-refractivity contribution in [3.8, 4) is 0 Å². The third-order valence-corrected chi connectivity index (χ3v) is 8.25. The van der Waals surface area contributed by atoms with Gasteiger partial charge in [-0.1, -0.05) is 25.5 Å². The van der Waals surface area contributed by atoms with Gasteiger partial charge in [-0.05, 0) is 56.1 Å². The van der Waals surface area contributed by atoms with Crippen LogP contribution in [-0.2, 0) is 9.59 Å². The van der Waals surface area contributed by atoms with E-state index in [1.54, 1.807) is 12.2 Å². The molecule has 4 rings (SSSR count). The number of fused-ring (bicyclic) bond motifs is 5. The monoisotopic (exact) mass is 360 g/mol. The topological polar surface area (TPSA) is 94.8 Å². The second kappa shape index (κ2) is 5.60. The standard InChI is InChI=1S/C21H28O5/c1-19-7-5-13(23)9-12(19)3-4-14-15-6-8-21(26,17(25)11-22)20(15,2)10-16(24)18(14)19/h5,7,9,14-16,18,22,24,26H,3-4,6,8,10-11H2,1-2H3/t14-,15+,16-,18+,19-,20+,21+/m1/s1. The van der Waals surface area contributed by atoms with Crippen LogP contribution in [0.5, 0.6) is 0 Å². The van der Waals surface area contributed by atoms with Crippen LogP contribution in [0.2, 0.25) is 0 Å². The summed E-state index contributed by atoms with van der Waals surface area (Å²) in [5.41, 5.74) is -1.54. The van der Waals surface area contributed by atoms with Gasteiger partial charge in [0.1, 0.15) is 12.2 Å². The minimum atomic E-state index is -1.56. The summed E-state index contributed by atoms with van der Waals surface area (Å²) >= 11 is 0. The first-order valence-corrected chi connectivity index (χ1v) is 9.66. The smallest absolute Gasteiger partial charge is 0.190 e. The van der Waals surface area contributed by atoms with Crippen LogP contribution in [0.25, 0.3) is 0 Å². The SMILES string of the molecule is C[C@]12C[C@@H](O)[C@@H]3[C@H](CCC4=CC(=O)C=C[C@]43C)[C@@H]1CC[C@]2(O)C(=O)CO. The van der Waals surface area contributed by atoms with E-state index in [0.717, 1.165) is 24.8 Å². The van der Waals surface area contributed by atoms with E-state index in [1.165, 1.54) is 0 Å². The fourth-order valence-corrected chi connectivity index (χ4v) is 6.92. The number of carbonyl (C=O) groups is 2. The molecule has 0 radical (unpaired) electrons. The van der Waals surface area contributed by atoms with E-state index in [1.807, 2.05) is 13.0 Å². The van der Waals surface area contributed by atoms with Crippen molar-refractivity contribution in [2.24, 2.45) is 28.6 Å². The number of Topliss-reactive ketones (excluding diaryl/α,β-unsaturated/α-hetero) is 1. The van der Waals surface area contributed by atoms with Crippen LogP contribution >= 0.6 is 0 Å². The van der Waals surface area contributed by atoms with Crippen molar-refractivity contribution in [2.45, 2.75) is 57.7 Å². The van der Waals surface area contributed by atoms with Crippen LogP contribution in [0.1, 0.15) is 46.0 Å². The van der Waals surface area contributed by atoms with Crippen molar-refractivity contribution in [2.75, 3.05) is 6.61 Å². The van der Waals surface area contributed by atoms with Crippen molar-refractivity contribution in [3.63, 3.8) is 0 Å². The molecular weight excluding hydrogens is 332 g/mol. The van der Waals surface area contributed by atoms with Crippen molar-refractivity contribution >= 4 is 11.6 Å². The Labute approximate surface area is 153 Å².